The summed E-state index contributed by atoms with van der Waals surface area (Å²) in [4.78, 5) is 16.7. The Hall–Kier alpha value is -2.17. The van der Waals surface area contributed by atoms with Crippen molar-refractivity contribution in [1.29, 1.82) is 0 Å². The van der Waals surface area contributed by atoms with Crippen LogP contribution < -0.4 is 5.32 Å². The molecule has 1 aliphatic carbocycles. The number of hydrogen-bond donors (Lipinski definition) is 1. The molecule has 0 bridgehead atoms. The highest BCUT2D eigenvalue weighted by atomic mass is 16.5. The molecular formula is C18H23N3O2. The second kappa shape index (κ2) is 6.94. The van der Waals surface area contributed by atoms with Crippen molar-refractivity contribution in [2.45, 2.75) is 52.0 Å². The maximum Gasteiger partial charge on any atom is 0.249 e. The number of hydrogen-bond acceptors (Lipinski definition) is 4. The lowest BCUT2D eigenvalue weighted by atomic mass is 9.88. The molecule has 1 heterocycles. The molecule has 5 heteroatoms. The molecule has 1 fully saturated rings. The third-order valence-corrected chi connectivity index (χ3v) is 4.46. The zero-order valence-corrected chi connectivity index (χ0v) is 13.7. The number of carbonyl (C=O) groups is 1. The minimum Gasteiger partial charge on any atom is -0.344 e. The SMILES string of the molecule is Cc1ccc(-c2noc(C(C)NC(=O)C3CCCCC3)n2)cc1. The highest BCUT2D eigenvalue weighted by Crippen LogP contribution is 2.25. The van der Waals surface area contributed by atoms with Gasteiger partial charge in [0.25, 0.3) is 0 Å². The van der Waals surface area contributed by atoms with Gasteiger partial charge in [-0.15, -0.1) is 0 Å². The van der Waals surface area contributed by atoms with E-state index in [1.54, 1.807) is 0 Å². The molecule has 2 aromatic rings. The van der Waals surface area contributed by atoms with E-state index in [1.165, 1.54) is 12.0 Å². The van der Waals surface area contributed by atoms with Crippen molar-refractivity contribution in [3.05, 3.63) is 35.7 Å². The lowest BCUT2D eigenvalue weighted by molar-refractivity contribution is -0.126. The van der Waals surface area contributed by atoms with Crippen LogP contribution in [0.3, 0.4) is 0 Å². The topological polar surface area (TPSA) is 68.0 Å². The predicted octanol–water partition coefficient (Wildman–Crippen LogP) is 3.80. The van der Waals surface area contributed by atoms with Gasteiger partial charge in [-0.1, -0.05) is 54.2 Å². The first kappa shape index (κ1) is 15.7. The third-order valence-electron chi connectivity index (χ3n) is 4.46. The lowest BCUT2D eigenvalue weighted by Gasteiger charge is -2.22. The molecule has 1 aromatic heterocycles. The summed E-state index contributed by atoms with van der Waals surface area (Å²) in [5.74, 6) is 1.24. The van der Waals surface area contributed by atoms with Crippen LogP contribution >= 0.6 is 0 Å². The number of aryl methyl sites for hydroxylation is 1. The minimum atomic E-state index is -0.267. The summed E-state index contributed by atoms with van der Waals surface area (Å²) in [6.45, 7) is 3.92. The molecule has 1 saturated carbocycles. The molecule has 1 unspecified atom stereocenters. The number of nitrogens with one attached hydrogen (secondary N) is 1. The Bertz CT molecular complexity index is 657. The first-order chi connectivity index (χ1) is 11.1. The van der Waals surface area contributed by atoms with Gasteiger partial charge in [0.05, 0.1) is 0 Å². The van der Waals surface area contributed by atoms with Gasteiger partial charge in [-0.25, -0.2) is 0 Å². The van der Waals surface area contributed by atoms with Crippen molar-refractivity contribution >= 4 is 5.91 Å². The number of aromatic nitrogens is 2. The summed E-state index contributed by atoms with van der Waals surface area (Å²) in [6, 6.07) is 7.69. The van der Waals surface area contributed by atoms with E-state index >= 15 is 0 Å². The number of nitrogens with zero attached hydrogens (tertiary/aromatic N) is 2. The van der Waals surface area contributed by atoms with E-state index in [-0.39, 0.29) is 17.9 Å². The molecule has 0 radical (unpaired) electrons. The molecule has 3 rings (SSSR count). The summed E-state index contributed by atoms with van der Waals surface area (Å²) in [5, 5.41) is 7.02. The Kier molecular flexibility index (Phi) is 4.74. The van der Waals surface area contributed by atoms with Gasteiger partial charge in [-0.3, -0.25) is 4.79 Å². The van der Waals surface area contributed by atoms with E-state index < -0.39 is 0 Å². The summed E-state index contributed by atoms with van der Waals surface area (Å²) >= 11 is 0. The van der Waals surface area contributed by atoms with E-state index in [0.29, 0.717) is 11.7 Å². The van der Waals surface area contributed by atoms with Gasteiger partial charge >= 0.3 is 0 Å². The maximum absolute atomic E-state index is 12.3. The van der Waals surface area contributed by atoms with Crippen LogP contribution in [0.1, 0.15) is 56.5 Å². The number of rotatable bonds is 4. The molecule has 0 aliphatic heterocycles. The van der Waals surface area contributed by atoms with Crippen LogP contribution in [0.2, 0.25) is 0 Å². The van der Waals surface area contributed by atoms with E-state index in [9.17, 15) is 4.79 Å². The van der Waals surface area contributed by atoms with Crippen molar-refractivity contribution in [2.75, 3.05) is 0 Å². The molecule has 1 aliphatic rings. The van der Waals surface area contributed by atoms with Crippen LogP contribution in [0.25, 0.3) is 11.4 Å². The molecule has 1 N–H and O–H groups in total. The monoisotopic (exact) mass is 313 g/mol. The van der Waals surface area contributed by atoms with Crippen molar-refractivity contribution in [3.63, 3.8) is 0 Å². The average molecular weight is 313 g/mol. The summed E-state index contributed by atoms with van der Waals surface area (Å²) in [7, 11) is 0. The Morgan fingerprint density at radius 1 is 1.22 bits per heavy atom. The molecular weight excluding hydrogens is 290 g/mol. The fraction of sp³-hybridized carbons (Fsp3) is 0.500. The van der Waals surface area contributed by atoms with Crippen molar-refractivity contribution in [1.82, 2.24) is 15.5 Å². The number of carbonyl (C=O) groups excluding carboxylic acids is 1. The molecule has 1 amide bonds. The number of benzene rings is 1. The molecule has 23 heavy (non-hydrogen) atoms. The van der Waals surface area contributed by atoms with Gasteiger partial charge < -0.3 is 9.84 Å². The predicted molar refractivity (Wildman–Crippen MR) is 87.6 cm³/mol. The van der Waals surface area contributed by atoms with Gasteiger partial charge in [0.1, 0.15) is 6.04 Å². The second-order valence-electron chi connectivity index (χ2n) is 6.39. The quantitative estimate of drug-likeness (QED) is 0.932. The van der Waals surface area contributed by atoms with E-state index in [1.807, 2.05) is 38.1 Å². The first-order valence-electron chi connectivity index (χ1n) is 8.34. The molecule has 5 nitrogen and oxygen atoms in total. The summed E-state index contributed by atoms with van der Waals surface area (Å²) in [5.41, 5.74) is 2.10. The average Bonchev–Trinajstić information content (AvgIpc) is 3.06. The van der Waals surface area contributed by atoms with Gasteiger partial charge in [-0.05, 0) is 26.7 Å². The Morgan fingerprint density at radius 3 is 2.61 bits per heavy atom. The number of amides is 1. The largest absolute Gasteiger partial charge is 0.344 e. The lowest BCUT2D eigenvalue weighted by Crippen LogP contribution is -2.33. The zero-order valence-electron chi connectivity index (χ0n) is 13.7. The Labute approximate surface area is 136 Å². The molecule has 0 spiro atoms. The summed E-state index contributed by atoms with van der Waals surface area (Å²) < 4.78 is 5.32. The van der Waals surface area contributed by atoms with Crippen LogP contribution in [-0.2, 0) is 4.79 Å². The third kappa shape index (κ3) is 3.78. The van der Waals surface area contributed by atoms with Crippen molar-refractivity contribution in [3.8, 4) is 11.4 Å². The first-order valence-corrected chi connectivity index (χ1v) is 8.34. The smallest absolute Gasteiger partial charge is 0.249 e. The normalized spacial score (nSPS) is 17.0. The van der Waals surface area contributed by atoms with Crippen LogP contribution in [-0.4, -0.2) is 16.0 Å². The molecule has 1 aromatic carbocycles. The Balaban J connectivity index is 1.64. The molecule has 122 valence electrons. The zero-order chi connectivity index (χ0) is 16.2. The molecule has 1 atom stereocenters. The second-order valence-corrected chi connectivity index (χ2v) is 6.39. The van der Waals surface area contributed by atoms with Gasteiger partial charge in [0.2, 0.25) is 17.6 Å². The van der Waals surface area contributed by atoms with Crippen LogP contribution in [0.15, 0.2) is 28.8 Å². The van der Waals surface area contributed by atoms with Crippen LogP contribution in [0.4, 0.5) is 0 Å². The standard InChI is InChI=1S/C18H23N3O2/c1-12-8-10-14(11-9-12)16-20-18(23-21-16)13(2)19-17(22)15-6-4-3-5-7-15/h8-11,13,15H,3-7H2,1-2H3,(H,19,22). The van der Waals surface area contributed by atoms with Gasteiger partial charge in [0, 0.05) is 11.5 Å². The Morgan fingerprint density at radius 2 is 1.91 bits per heavy atom. The minimum absolute atomic E-state index is 0.104. The van der Waals surface area contributed by atoms with Crippen LogP contribution in [0.5, 0.6) is 0 Å². The van der Waals surface area contributed by atoms with E-state index in [4.69, 9.17) is 4.52 Å². The molecule has 0 saturated heterocycles. The van der Waals surface area contributed by atoms with E-state index in [2.05, 4.69) is 15.5 Å². The van der Waals surface area contributed by atoms with Crippen LogP contribution in [0, 0.1) is 12.8 Å². The van der Waals surface area contributed by atoms with Crippen molar-refractivity contribution in [2.24, 2.45) is 5.92 Å². The highest BCUT2D eigenvalue weighted by molar-refractivity contribution is 5.79. The fourth-order valence-corrected chi connectivity index (χ4v) is 2.99. The van der Waals surface area contributed by atoms with Gasteiger partial charge in [0.15, 0.2) is 0 Å². The van der Waals surface area contributed by atoms with Gasteiger partial charge in [-0.2, -0.15) is 4.98 Å². The fourth-order valence-electron chi connectivity index (χ4n) is 2.99. The van der Waals surface area contributed by atoms with Crippen molar-refractivity contribution < 1.29 is 9.32 Å². The van der Waals surface area contributed by atoms with E-state index in [0.717, 1.165) is 31.2 Å². The highest BCUT2D eigenvalue weighted by Gasteiger charge is 2.24. The summed E-state index contributed by atoms with van der Waals surface area (Å²) in [6.07, 6.45) is 5.49. The maximum atomic E-state index is 12.3.